The lowest BCUT2D eigenvalue weighted by atomic mass is 9.89. The molecule has 0 bridgehead atoms. The van der Waals surface area contributed by atoms with Crippen molar-refractivity contribution >= 4 is 35.7 Å². The molecule has 9 atom stereocenters. The van der Waals surface area contributed by atoms with E-state index in [1.165, 1.54) is 33.3 Å². The molecule has 0 aromatic heterocycles. The number of hydrogen-bond acceptors (Lipinski definition) is 10. The third-order valence-electron chi connectivity index (χ3n) is 11.6. The molecule has 5 amide bonds. The number of methoxy groups -OCH3 is 3. The van der Waals surface area contributed by atoms with Gasteiger partial charge >= 0.3 is 12.1 Å². The molecule has 0 aliphatic carbocycles. The Morgan fingerprint density at radius 2 is 1.47 bits per heavy atom. The summed E-state index contributed by atoms with van der Waals surface area (Å²) in [7, 11) is 7.49. The first kappa shape index (κ1) is 51.9. The lowest BCUT2D eigenvalue weighted by Gasteiger charge is -2.41. The van der Waals surface area contributed by atoms with E-state index in [-0.39, 0.29) is 42.4 Å². The summed E-state index contributed by atoms with van der Waals surface area (Å²) in [6, 6.07) is 5.59. The van der Waals surface area contributed by atoms with Gasteiger partial charge in [-0.25, -0.2) is 9.59 Å². The van der Waals surface area contributed by atoms with Crippen LogP contribution >= 0.6 is 0 Å². The number of nitrogens with one attached hydrogen (secondary N) is 2. The normalized spacial score (nSPS) is 18.4. The van der Waals surface area contributed by atoms with Gasteiger partial charge in [-0.1, -0.05) is 85.2 Å². The van der Waals surface area contributed by atoms with E-state index in [1.54, 1.807) is 44.5 Å². The number of esters is 1. The second-order valence-electron chi connectivity index (χ2n) is 17.9. The van der Waals surface area contributed by atoms with Gasteiger partial charge in [-0.05, 0) is 56.9 Å². The number of nitrogens with zero attached hydrogens (tertiary/aromatic N) is 3. The fourth-order valence-electron chi connectivity index (χ4n) is 8.14. The summed E-state index contributed by atoms with van der Waals surface area (Å²) >= 11 is 0. The SMILES string of the molecule is CC[C@H](C)[C@@H]([C@@H](CC(=O)N1CCC[C@H]1C(OC)[C@@H](C)C(=O)N[C@@H](Cc1ccccc1)C(=O)OC)OC)N(C)C(=O)[C@@H](NC(=O)[C@H](C(C)C)N(C)C(=O)OC(C)(C)C)C(C)C. The Hall–Kier alpha value is -4.24. The van der Waals surface area contributed by atoms with Gasteiger partial charge in [-0.2, -0.15) is 0 Å². The van der Waals surface area contributed by atoms with Crippen molar-refractivity contribution in [3.05, 3.63) is 35.9 Å². The molecule has 1 aliphatic heterocycles. The monoisotopic (exact) mass is 846 g/mol. The minimum absolute atomic E-state index is 0.0487. The van der Waals surface area contributed by atoms with Crippen LogP contribution in [0.5, 0.6) is 0 Å². The van der Waals surface area contributed by atoms with Crippen LogP contribution in [0.15, 0.2) is 30.3 Å². The van der Waals surface area contributed by atoms with Crippen molar-refractivity contribution in [2.45, 2.75) is 149 Å². The number of likely N-dealkylation sites (N-methyl/N-ethyl adjacent to an activating group) is 2. The maximum atomic E-state index is 14.5. The molecule has 15 heteroatoms. The van der Waals surface area contributed by atoms with E-state index in [0.717, 1.165) is 5.56 Å². The highest BCUT2D eigenvalue weighted by atomic mass is 16.6. The zero-order valence-electron chi connectivity index (χ0n) is 38.9. The Kier molecular flexibility index (Phi) is 20.5. The average Bonchev–Trinajstić information content (AvgIpc) is 3.68. The Labute approximate surface area is 358 Å². The van der Waals surface area contributed by atoms with Crippen LogP contribution in [-0.2, 0) is 49.3 Å². The predicted molar refractivity (Wildman–Crippen MR) is 230 cm³/mol. The number of carbonyl (C=O) groups excluding carboxylic acids is 6. The van der Waals surface area contributed by atoms with E-state index in [4.69, 9.17) is 18.9 Å². The topological polar surface area (TPSA) is 173 Å². The highest BCUT2D eigenvalue weighted by molar-refractivity contribution is 5.92. The standard InChI is InChI=1S/C45H75N5O10/c1-16-29(6)38(48(11)42(54)36(27(2)3)47-41(53)37(28(4)5)49(12)44(56)60-45(8,9)10)34(57-13)26-35(51)50-24-20-23-33(50)39(58-14)30(7)40(52)46-32(43(55)59-15)25-31-21-18-17-19-22-31/h17-19,21-22,27-30,32-34,36-39H,16,20,23-26H2,1-15H3,(H,46,52)(H,47,53)/t29-,30+,32-,33-,34+,36-,37-,38-,39?/m0/s1. The molecule has 2 N–H and O–H groups in total. The van der Waals surface area contributed by atoms with Gasteiger partial charge in [0.2, 0.25) is 23.6 Å². The number of rotatable bonds is 21. The van der Waals surface area contributed by atoms with Crippen LogP contribution < -0.4 is 10.6 Å². The van der Waals surface area contributed by atoms with Gasteiger partial charge < -0.3 is 39.4 Å². The maximum Gasteiger partial charge on any atom is 0.410 e. The smallest absolute Gasteiger partial charge is 0.410 e. The molecule has 1 aliphatic rings. The number of likely N-dealkylation sites (tertiary alicyclic amines) is 1. The van der Waals surface area contributed by atoms with Crippen molar-refractivity contribution < 1.29 is 47.7 Å². The minimum Gasteiger partial charge on any atom is -0.467 e. The van der Waals surface area contributed by atoms with Crippen LogP contribution in [0, 0.1) is 23.7 Å². The van der Waals surface area contributed by atoms with E-state index in [9.17, 15) is 28.8 Å². The van der Waals surface area contributed by atoms with Gasteiger partial charge in [-0.3, -0.25) is 24.1 Å². The zero-order chi connectivity index (χ0) is 45.6. The minimum atomic E-state index is -0.944. The van der Waals surface area contributed by atoms with Crippen molar-refractivity contribution in [1.29, 1.82) is 0 Å². The second kappa shape index (κ2) is 23.7. The molecule has 15 nitrogen and oxygen atoms in total. The van der Waals surface area contributed by atoms with E-state index in [0.29, 0.717) is 25.8 Å². The summed E-state index contributed by atoms with van der Waals surface area (Å²) in [5.41, 5.74) is 0.0996. The zero-order valence-corrected chi connectivity index (χ0v) is 38.9. The molecule has 340 valence electrons. The number of carbonyl (C=O) groups is 6. The summed E-state index contributed by atoms with van der Waals surface area (Å²) < 4.78 is 22.5. The molecule has 0 saturated carbocycles. The summed E-state index contributed by atoms with van der Waals surface area (Å²) in [6.07, 6.45) is 0.136. The van der Waals surface area contributed by atoms with Crippen LogP contribution in [0.3, 0.4) is 0 Å². The molecule has 1 aromatic carbocycles. The van der Waals surface area contributed by atoms with E-state index in [1.807, 2.05) is 71.9 Å². The third kappa shape index (κ3) is 14.2. The second-order valence-corrected chi connectivity index (χ2v) is 17.9. The van der Waals surface area contributed by atoms with E-state index >= 15 is 0 Å². The average molecular weight is 846 g/mol. The third-order valence-corrected chi connectivity index (χ3v) is 11.6. The summed E-state index contributed by atoms with van der Waals surface area (Å²) in [5, 5.41) is 5.79. The molecule has 0 spiro atoms. The summed E-state index contributed by atoms with van der Waals surface area (Å²) in [4.78, 5) is 86.7. The van der Waals surface area contributed by atoms with Crippen LogP contribution in [0.4, 0.5) is 4.79 Å². The molecule has 1 saturated heterocycles. The maximum absolute atomic E-state index is 14.5. The first-order chi connectivity index (χ1) is 28.0. The molecular formula is C45H75N5O10. The van der Waals surface area contributed by atoms with Crippen LogP contribution in [0.25, 0.3) is 0 Å². The molecule has 2 rings (SSSR count). The highest BCUT2D eigenvalue weighted by Gasteiger charge is 2.44. The molecule has 0 radical (unpaired) electrons. The van der Waals surface area contributed by atoms with Gasteiger partial charge in [0.1, 0.15) is 23.7 Å². The fourth-order valence-corrected chi connectivity index (χ4v) is 8.14. The van der Waals surface area contributed by atoms with Crippen molar-refractivity contribution in [2.24, 2.45) is 23.7 Å². The largest absolute Gasteiger partial charge is 0.467 e. The van der Waals surface area contributed by atoms with E-state index in [2.05, 4.69) is 10.6 Å². The number of hydrogen-bond donors (Lipinski definition) is 2. The molecule has 1 heterocycles. The lowest BCUT2D eigenvalue weighted by Crippen LogP contribution is -2.60. The number of benzene rings is 1. The van der Waals surface area contributed by atoms with Gasteiger partial charge in [0.05, 0.1) is 43.7 Å². The van der Waals surface area contributed by atoms with Crippen LogP contribution in [0.1, 0.15) is 100 Å². The van der Waals surface area contributed by atoms with Crippen LogP contribution in [-0.4, -0.2) is 140 Å². The summed E-state index contributed by atoms with van der Waals surface area (Å²) in [6.45, 7) is 18.8. The Balaban J connectivity index is 2.31. The first-order valence-corrected chi connectivity index (χ1v) is 21.3. The molecule has 1 aromatic rings. The Bertz CT molecular complexity index is 1570. The van der Waals surface area contributed by atoms with Gasteiger partial charge in [-0.15, -0.1) is 0 Å². The highest BCUT2D eigenvalue weighted by Crippen LogP contribution is 2.30. The molecule has 60 heavy (non-hydrogen) atoms. The molecule has 1 fully saturated rings. The van der Waals surface area contributed by atoms with Gasteiger partial charge in [0.25, 0.3) is 0 Å². The van der Waals surface area contributed by atoms with Crippen LogP contribution in [0.2, 0.25) is 0 Å². The summed E-state index contributed by atoms with van der Waals surface area (Å²) in [5.74, 6) is -3.45. The van der Waals surface area contributed by atoms with Crippen molar-refractivity contribution in [2.75, 3.05) is 42.0 Å². The van der Waals surface area contributed by atoms with E-state index < -0.39 is 77.8 Å². The molecular weight excluding hydrogens is 771 g/mol. The van der Waals surface area contributed by atoms with Gasteiger partial charge in [0, 0.05) is 41.3 Å². The predicted octanol–water partition coefficient (Wildman–Crippen LogP) is 4.84. The van der Waals surface area contributed by atoms with Crippen molar-refractivity contribution in [1.82, 2.24) is 25.3 Å². The Morgan fingerprint density at radius 1 is 0.850 bits per heavy atom. The number of ether oxygens (including phenoxy) is 4. The quantitative estimate of drug-likeness (QED) is 0.163. The van der Waals surface area contributed by atoms with Gasteiger partial charge in [0.15, 0.2) is 0 Å². The number of amides is 5. The fraction of sp³-hybridized carbons (Fsp3) is 0.733. The first-order valence-electron chi connectivity index (χ1n) is 21.3. The Morgan fingerprint density at radius 3 is 1.97 bits per heavy atom. The van der Waals surface area contributed by atoms with Crippen molar-refractivity contribution in [3.8, 4) is 0 Å². The van der Waals surface area contributed by atoms with Crippen molar-refractivity contribution in [3.63, 3.8) is 0 Å². The lowest BCUT2D eigenvalue weighted by molar-refractivity contribution is -0.149. The molecule has 1 unspecified atom stereocenters.